The van der Waals surface area contributed by atoms with E-state index in [0.29, 0.717) is 21.9 Å². The van der Waals surface area contributed by atoms with Gasteiger partial charge in [0.05, 0.1) is 17.2 Å². The minimum atomic E-state index is 0.188. The summed E-state index contributed by atoms with van der Waals surface area (Å²) in [6.07, 6.45) is 8.09. The molecule has 0 saturated heterocycles. The molecule has 1 aromatic carbocycles. The molecule has 3 rings (SSSR count). The molecule has 0 saturated carbocycles. The number of allylic oxidation sites excluding steroid dienone is 4. The smallest absolute Gasteiger partial charge is 0.119 e. The SMILES string of the molecule is COc1ccc2c(c1)C(CC1C=C(Cl)C(Cl)=CC1)C(N)CC2. The van der Waals surface area contributed by atoms with Crippen molar-refractivity contribution in [1.82, 2.24) is 0 Å². The zero-order valence-corrected chi connectivity index (χ0v) is 14.2. The molecular weight excluding hydrogens is 317 g/mol. The summed E-state index contributed by atoms with van der Waals surface area (Å²) in [4.78, 5) is 0. The number of fused-ring (bicyclic) bond motifs is 1. The molecule has 4 heteroatoms. The number of ether oxygens (including phenoxy) is 1. The first kappa shape index (κ1) is 15.9. The lowest BCUT2D eigenvalue weighted by Gasteiger charge is -2.34. The molecule has 0 amide bonds. The molecule has 1 aromatic rings. The van der Waals surface area contributed by atoms with Crippen LogP contribution in [0, 0.1) is 5.92 Å². The fourth-order valence-corrected chi connectivity index (χ4v) is 3.93. The number of hydrogen-bond donors (Lipinski definition) is 1. The predicted octanol–water partition coefficient (Wildman–Crippen LogP) is 4.71. The number of nitrogens with two attached hydrogens (primary N) is 1. The van der Waals surface area contributed by atoms with Crippen LogP contribution in [0.1, 0.15) is 36.3 Å². The van der Waals surface area contributed by atoms with Crippen molar-refractivity contribution in [3.05, 3.63) is 51.5 Å². The summed E-state index contributed by atoms with van der Waals surface area (Å²) in [7, 11) is 1.70. The molecule has 0 radical (unpaired) electrons. The molecule has 0 spiro atoms. The quantitative estimate of drug-likeness (QED) is 0.866. The summed E-state index contributed by atoms with van der Waals surface area (Å²) in [5.41, 5.74) is 9.16. The first-order valence-corrected chi connectivity index (χ1v) is 8.50. The standard InChI is InChI=1S/C18H21Cl2NO/c1-22-13-5-3-12-4-7-18(21)15(14(12)10-13)8-11-2-6-16(19)17(20)9-11/h3,5-6,9-11,15,18H,2,4,7-8,21H2,1H3. The van der Waals surface area contributed by atoms with E-state index in [-0.39, 0.29) is 6.04 Å². The van der Waals surface area contributed by atoms with Crippen molar-refractivity contribution in [3.8, 4) is 5.75 Å². The summed E-state index contributed by atoms with van der Waals surface area (Å²) in [5.74, 6) is 1.64. The van der Waals surface area contributed by atoms with E-state index >= 15 is 0 Å². The van der Waals surface area contributed by atoms with Gasteiger partial charge in [0.25, 0.3) is 0 Å². The molecule has 0 bridgehead atoms. The second-order valence-electron chi connectivity index (χ2n) is 6.17. The summed E-state index contributed by atoms with van der Waals surface area (Å²) in [6, 6.07) is 6.55. The Morgan fingerprint density at radius 1 is 1.27 bits per heavy atom. The van der Waals surface area contributed by atoms with Crippen LogP contribution in [0.25, 0.3) is 0 Å². The topological polar surface area (TPSA) is 35.2 Å². The van der Waals surface area contributed by atoms with Crippen molar-refractivity contribution in [2.24, 2.45) is 11.7 Å². The summed E-state index contributed by atoms with van der Waals surface area (Å²) in [5, 5.41) is 1.32. The Bertz CT molecular complexity index is 624. The minimum absolute atomic E-state index is 0.188. The van der Waals surface area contributed by atoms with Crippen LogP contribution in [0.2, 0.25) is 0 Å². The summed E-state index contributed by atoms with van der Waals surface area (Å²) in [6.45, 7) is 0. The molecule has 2 N–H and O–H groups in total. The highest BCUT2D eigenvalue weighted by molar-refractivity contribution is 6.44. The zero-order chi connectivity index (χ0) is 15.7. The normalized spacial score (nSPS) is 27.7. The molecule has 0 heterocycles. The van der Waals surface area contributed by atoms with Crippen LogP contribution in [0.5, 0.6) is 5.75 Å². The Labute approximate surface area is 141 Å². The van der Waals surface area contributed by atoms with E-state index in [1.807, 2.05) is 12.1 Å². The Morgan fingerprint density at radius 2 is 2.09 bits per heavy atom. The molecule has 3 atom stereocenters. The van der Waals surface area contributed by atoms with Gasteiger partial charge in [-0.15, -0.1) is 0 Å². The van der Waals surface area contributed by atoms with E-state index in [1.165, 1.54) is 11.1 Å². The molecule has 3 unspecified atom stereocenters. The second kappa shape index (κ2) is 6.66. The van der Waals surface area contributed by atoms with Crippen molar-refractivity contribution in [3.63, 3.8) is 0 Å². The molecule has 2 nitrogen and oxygen atoms in total. The van der Waals surface area contributed by atoms with Gasteiger partial charge in [-0.1, -0.05) is 41.4 Å². The zero-order valence-electron chi connectivity index (χ0n) is 12.7. The monoisotopic (exact) mass is 337 g/mol. The molecule has 2 aliphatic carbocycles. The fourth-order valence-electron chi connectivity index (χ4n) is 3.53. The van der Waals surface area contributed by atoms with Crippen LogP contribution in [-0.2, 0) is 6.42 Å². The van der Waals surface area contributed by atoms with Crippen molar-refractivity contribution < 1.29 is 4.74 Å². The highest BCUT2D eigenvalue weighted by atomic mass is 35.5. The average Bonchev–Trinajstić information content (AvgIpc) is 2.53. The van der Waals surface area contributed by atoms with Crippen LogP contribution < -0.4 is 10.5 Å². The molecule has 0 aliphatic heterocycles. The van der Waals surface area contributed by atoms with Gasteiger partial charge in [0.15, 0.2) is 0 Å². The van der Waals surface area contributed by atoms with Gasteiger partial charge in [0.2, 0.25) is 0 Å². The Balaban J connectivity index is 1.85. The van der Waals surface area contributed by atoms with Gasteiger partial charge >= 0.3 is 0 Å². The minimum Gasteiger partial charge on any atom is -0.497 e. The number of aryl methyl sites for hydroxylation is 1. The van der Waals surface area contributed by atoms with E-state index in [2.05, 4.69) is 18.2 Å². The van der Waals surface area contributed by atoms with Crippen LogP contribution in [0.3, 0.4) is 0 Å². The number of halogens is 2. The van der Waals surface area contributed by atoms with Gasteiger partial charge in [0.1, 0.15) is 5.75 Å². The Kier molecular flexibility index (Phi) is 4.82. The third kappa shape index (κ3) is 3.19. The van der Waals surface area contributed by atoms with Gasteiger partial charge in [-0.2, -0.15) is 0 Å². The van der Waals surface area contributed by atoms with Crippen molar-refractivity contribution in [2.75, 3.05) is 7.11 Å². The van der Waals surface area contributed by atoms with E-state index in [0.717, 1.165) is 31.4 Å². The van der Waals surface area contributed by atoms with Gasteiger partial charge in [-0.25, -0.2) is 0 Å². The first-order chi connectivity index (χ1) is 10.6. The lowest BCUT2D eigenvalue weighted by atomic mass is 9.74. The Morgan fingerprint density at radius 3 is 2.82 bits per heavy atom. The summed E-state index contributed by atoms with van der Waals surface area (Å²) < 4.78 is 5.38. The highest BCUT2D eigenvalue weighted by Crippen LogP contribution is 2.40. The number of hydrogen-bond acceptors (Lipinski definition) is 2. The van der Waals surface area contributed by atoms with Crippen LogP contribution in [-0.4, -0.2) is 13.2 Å². The van der Waals surface area contributed by atoms with Gasteiger partial charge < -0.3 is 10.5 Å². The molecule has 2 aliphatic rings. The number of rotatable bonds is 3. The summed E-state index contributed by atoms with van der Waals surface area (Å²) >= 11 is 12.2. The lowest BCUT2D eigenvalue weighted by Crippen LogP contribution is -2.34. The average molecular weight is 338 g/mol. The third-order valence-electron chi connectivity index (χ3n) is 4.78. The fraction of sp³-hybridized carbons (Fsp3) is 0.444. The molecule has 22 heavy (non-hydrogen) atoms. The predicted molar refractivity (Wildman–Crippen MR) is 92.6 cm³/mol. The van der Waals surface area contributed by atoms with Crippen molar-refractivity contribution in [1.29, 1.82) is 0 Å². The van der Waals surface area contributed by atoms with E-state index in [4.69, 9.17) is 33.7 Å². The van der Waals surface area contributed by atoms with Gasteiger partial charge in [-0.3, -0.25) is 0 Å². The highest BCUT2D eigenvalue weighted by Gasteiger charge is 2.29. The third-order valence-corrected chi connectivity index (χ3v) is 5.57. The van der Waals surface area contributed by atoms with Crippen LogP contribution in [0.4, 0.5) is 0 Å². The number of methoxy groups -OCH3 is 1. The molecule has 0 fully saturated rings. The second-order valence-corrected chi connectivity index (χ2v) is 6.99. The number of benzene rings is 1. The van der Waals surface area contributed by atoms with E-state index in [1.54, 1.807) is 7.11 Å². The van der Waals surface area contributed by atoms with Crippen molar-refractivity contribution >= 4 is 23.2 Å². The molecule has 0 aromatic heterocycles. The van der Waals surface area contributed by atoms with Gasteiger partial charge in [-0.05, 0) is 60.8 Å². The molecule has 118 valence electrons. The molecular formula is C18H21Cl2NO. The van der Waals surface area contributed by atoms with Gasteiger partial charge in [0, 0.05) is 6.04 Å². The first-order valence-electron chi connectivity index (χ1n) is 7.74. The Hall–Kier alpha value is -0.960. The van der Waals surface area contributed by atoms with E-state index < -0.39 is 0 Å². The maximum atomic E-state index is 6.43. The van der Waals surface area contributed by atoms with Crippen LogP contribution >= 0.6 is 23.2 Å². The van der Waals surface area contributed by atoms with Crippen molar-refractivity contribution in [2.45, 2.75) is 37.6 Å². The van der Waals surface area contributed by atoms with Crippen LogP contribution in [0.15, 0.2) is 40.4 Å². The lowest BCUT2D eigenvalue weighted by molar-refractivity contribution is 0.392. The maximum Gasteiger partial charge on any atom is 0.119 e. The van der Waals surface area contributed by atoms with E-state index in [9.17, 15) is 0 Å². The maximum absolute atomic E-state index is 6.43. The largest absolute Gasteiger partial charge is 0.497 e.